The van der Waals surface area contributed by atoms with Gasteiger partial charge in [0.1, 0.15) is 6.61 Å². The smallest absolute Gasteiger partial charge is 0.407 e. The van der Waals surface area contributed by atoms with Gasteiger partial charge < -0.3 is 10.1 Å². The van der Waals surface area contributed by atoms with Gasteiger partial charge in [-0.25, -0.2) is 4.79 Å². The third-order valence-electron chi connectivity index (χ3n) is 1.84. The number of amides is 1. The Kier molecular flexibility index (Phi) is 3.32. The molecular weight excluding hydrogens is 170 g/mol. The first kappa shape index (κ1) is 9.59. The van der Waals surface area contributed by atoms with Crippen LogP contribution in [0.4, 0.5) is 4.79 Å². The molecule has 1 aliphatic carbocycles. The van der Waals surface area contributed by atoms with Crippen LogP contribution in [0.2, 0.25) is 0 Å². The van der Waals surface area contributed by atoms with Gasteiger partial charge in [0.2, 0.25) is 0 Å². The molecule has 1 fully saturated rings. The van der Waals surface area contributed by atoms with Gasteiger partial charge in [0.05, 0.1) is 6.04 Å². The normalized spacial score (nSPS) is 19.9. The van der Waals surface area contributed by atoms with Gasteiger partial charge in [0, 0.05) is 12.8 Å². The molecule has 4 nitrogen and oxygen atoms in total. The van der Waals surface area contributed by atoms with E-state index in [1.54, 1.807) is 0 Å². The second-order valence-corrected chi connectivity index (χ2v) is 2.79. The van der Waals surface area contributed by atoms with Crippen LogP contribution in [0.1, 0.15) is 19.3 Å². The molecule has 0 bridgehead atoms. The SMILES string of the molecule is C#CCCOC(=O)N[C@H]1CCC1=O. The molecule has 0 aromatic carbocycles. The van der Waals surface area contributed by atoms with Crippen molar-refractivity contribution in [1.29, 1.82) is 0 Å². The monoisotopic (exact) mass is 181 g/mol. The average Bonchev–Trinajstić information content (AvgIpc) is 2.12. The quantitative estimate of drug-likeness (QED) is 0.508. The minimum atomic E-state index is -0.562. The molecule has 13 heavy (non-hydrogen) atoms. The van der Waals surface area contributed by atoms with Crippen LogP contribution in [0.25, 0.3) is 0 Å². The summed E-state index contributed by atoms with van der Waals surface area (Å²) in [5.74, 6) is 2.40. The molecule has 4 heteroatoms. The molecule has 0 spiro atoms. The van der Waals surface area contributed by atoms with Gasteiger partial charge in [0.15, 0.2) is 5.78 Å². The Hall–Kier alpha value is -1.50. The van der Waals surface area contributed by atoms with Gasteiger partial charge >= 0.3 is 6.09 Å². The molecule has 1 aliphatic rings. The van der Waals surface area contributed by atoms with Gasteiger partial charge in [0.25, 0.3) is 0 Å². The van der Waals surface area contributed by atoms with Gasteiger partial charge in [-0.2, -0.15) is 0 Å². The first-order chi connectivity index (χ1) is 6.24. The molecule has 1 rings (SSSR count). The zero-order chi connectivity index (χ0) is 9.68. The summed E-state index contributed by atoms with van der Waals surface area (Å²) in [6, 6.07) is -0.335. The standard InChI is InChI=1S/C9H11NO3/c1-2-3-6-13-9(12)10-7-4-5-8(7)11/h1,7H,3-6H2,(H,10,12)/t7-/m0/s1. The Bertz CT molecular complexity index is 254. The second kappa shape index (κ2) is 4.51. The van der Waals surface area contributed by atoms with Gasteiger partial charge in [-0.05, 0) is 6.42 Å². The lowest BCUT2D eigenvalue weighted by atomic mass is 9.91. The molecule has 1 N–H and O–H groups in total. The molecule has 0 aromatic heterocycles. The van der Waals surface area contributed by atoms with E-state index in [1.807, 2.05) is 0 Å². The average molecular weight is 181 g/mol. The van der Waals surface area contributed by atoms with E-state index in [2.05, 4.69) is 11.2 Å². The molecule has 1 amide bonds. The fraction of sp³-hybridized carbons (Fsp3) is 0.556. The van der Waals surface area contributed by atoms with E-state index in [0.717, 1.165) is 0 Å². The highest BCUT2D eigenvalue weighted by atomic mass is 16.5. The number of hydrogen-bond acceptors (Lipinski definition) is 3. The van der Waals surface area contributed by atoms with Crippen molar-refractivity contribution in [3.63, 3.8) is 0 Å². The fourth-order valence-corrected chi connectivity index (χ4v) is 0.946. The van der Waals surface area contributed by atoms with Crippen LogP contribution in [-0.2, 0) is 9.53 Å². The summed E-state index contributed by atoms with van der Waals surface area (Å²) in [6.45, 7) is 0.198. The van der Waals surface area contributed by atoms with Crippen molar-refractivity contribution >= 4 is 11.9 Å². The van der Waals surface area contributed by atoms with Crippen molar-refractivity contribution in [2.24, 2.45) is 0 Å². The summed E-state index contributed by atoms with van der Waals surface area (Å²) in [4.78, 5) is 21.7. The Morgan fingerprint density at radius 1 is 1.77 bits per heavy atom. The van der Waals surface area contributed by atoms with Crippen LogP contribution < -0.4 is 5.32 Å². The molecule has 0 saturated heterocycles. The second-order valence-electron chi connectivity index (χ2n) is 2.79. The molecule has 1 atom stereocenters. The minimum Gasteiger partial charge on any atom is -0.449 e. The maximum absolute atomic E-state index is 10.9. The van der Waals surface area contributed by atoms with E-state index in [9.17, 15) is 9.59 Å². The highest BCUT2D eigenvalue weighted by Gasteiger charge is 2.29. The summed E-state index contributed by atoms with van der Waals surface area (Å²) >= 11 is 0. The number of ketones is 1. The van der Waals surface area contributed by atoms with Crippen molar-refractivity contribution in [1.82, 2.24) is 5.32 Å². The van der Waals surface area contributed by atoms with E-state index >= 15 is 0 Å². The van der Waals surface area contributed by atoms with Crippen LogP contribution in [-0.4, -0.2) is 24.5 Å². The lowest BCUT2D eigenvalue weighted by Gasteiger charge is -2.24. The van der Waals surface area contributed by atoms with E-state index < -0.39 is 6.09 Å². The molecule has 1 saturated carbocycles. The van der Waals surface area contributed by atoms with Crippen LogP contribution in [0, 0.1) is 12.3 Å². The summed E-state index contributed by atoms with van der Waals surface area (Å²) in [7, 11) is 0. The Labute approximate surface area is 76.6 Å². The first-order valence-electron chi connectivity index (χ1n) is 4.13. The first-order valence-corrected chi connectivity index (χ1v) is 4.13. The number of carbonyl (C=O) groups is 2. The lowest BCUT2D eigenvalue weighted by Crippen LogP contribution is -2.47. The number of terminal acetylenes is 1. The van der Waals surface area contributed by atoms with E-state index in [1.165, 1.54) is 0 Å². The number of ether oxygens (including phenoxy) is 1. The van der Waals surface area contributed by atoms with Crippen molar-refractivity contribution < 1.29 is 14.3 Å². The Balaban J connectivity index is 2.11. The Morgan fingerprint density at radius 2 is 2.54 bits per heavy atom. The van der Waals surface area contributed by atoms with Crippen molar-refractivity contribution in [3.05, 3.63) is 0 Å². The predicted molar refractivity (Wildman–Crippen MR) is 46.0 cm³/mol. The van der Waals surface area contributed by atoms with Crippen LogP contribution in [0.15, 0.2) is 0 Å². The molecular formula is C9H11NO3. The topological polar surface area (TPSA) is 55.4 Å². The maximum Gasteiger partial charge on any atom is 0.407 e. The zero-order valence-corrected chi connectivity index (χ0v) is 7.21. The van der Waals surface area contributed by atoms with Crippen molar-refractivity contribution in [2.45, 2.75) is 25.3 Å². The number of Topliss-reactive ketones (excluding diaryl/α,β-unsaturated/α-hetero) is 1. The van der Waals surface area contributed by atoms with Crippen LogP contribution in [0.3, 0.4) is 0 Å². The van der Waals surface area contributed by atoms with Crippen LogP contribution in [0.5, 0.6) is 0 Å². The van der Waals surface area contributed by atoms with E-state index in [4.69, 9.17) is 11.2 Å². The van der Waals surface area contributed by atoms with Gasteiger partial charge in [-0.3, -0.25) is 4.79 Å². The van der Waals surface area contributed by atoms with E-state index in [0.29, 0.717) is 19.3 Å². The third-order valence-corrected chi connectivity index (χ3v) is 1.84. The zero-order valence-electron chi connectivity index (χ0n) is 7.21. The predicted octanol–water partition coefficient (Wildman–Crippen LogP) is 0.467. The molecule has 0 aliphatic heterocycles. The highest BCUT2D eigenvalue weighted by molar-refractivity contribution is 5.92. The molecule has 0 aromatic rings. The Morgan fingerprint density at radius 3 is 3.00 bits per heavy atom. The van der Waals surface area contributed by atoms with E-state index in [-0.39, 0.29) is 18.4 Å². The number of carbonyl (C=O) groups excluding carboxylic acids is 2. The number of rotatable bonds is 3. The van der Waals surface area contributed by atoms with Gasteiger partial charge in [-0.1, -0.05) is 0 Å². The van der Waals surface area contributed by atoms with Gasteiger partial charge in [-0.15, -0.1) is 12.3 Å². The maximum atomic E-state index is 10.9. The van der Waals surface area contributed by atoms with Crippen molar-refractivity contribution in [3.8, 4) is 12.3 Å². The number of nitrogens with one attached hydrogen (secondary N) is 1. The molecule has 70 valence electrons. The molecule has 0 radical (unpaired) electrons. The molecule has 0 unspecified atom stereocenters. The summed E-state index contributed by atoms with van der Waals surface area (Å²) < 4.78 is 4.69. The highest BCUT2D eigenvalue weighted by Crippen LogP contribution is 2.13. The lowest BCUT2D eigenvalue weighted by molar-refractivity contribution is -0.126. The minimum absolute atomic E-state index is 0.0638. The molecule has 0 heterocycles. The van der Waals surface area contributed by atoms with Crippen LogP contribution >= 0.6 is 0 Å². The fourth-order valence-electron chi connectivity index (χ4n) is 0.946. The van der Waals surface area contributed by atoms with Crippen molar-refractivity contribution in [2.75, 3.05) is 6.61 Å². The number of alkyl carbamates (subject to hydrolysis) is 1. The summed E-state index contributed by atoms with van der Waals surface area (Å²) in [5, 5.41) is 2.45. The number of hydrogen-bond donors (Lipinski definition) is 1. The largest absolute Gasteiger partial charge is 0.449 e. The summed E-state index contributed by atoms with van der Waals surface area (Å²) in [6.07, 6.45) is 6.05. The third kappa shape index (κ3) is 2.79. The summed E-state index contributed by atoms with van der Waals surface area (Å²) in [5.41, 5.74) is 0.